The van der Waals surface area contributed by atoms with E-state index in [0.29, 0.717) is 12.3 Å². The van der Waals surface area contributed by atoms with Crippen LogP contribution in [0.15, 0.2) is 0 Å². The van der Waals surface area contributed by atoms with Crippen molar-refractivity contribution in [1.82, 2.24) is 0 Å². The molecular weight excluding hydrogens is 125 g/mol. The summed E-state index contributed by atoms with van der Waals surface area (Å²) in [6.45, 7) is 6.26. The highest BCUT2D eigenvalue weighted by Crippen LogP contribution is 2.33. The summed E-state index contributed by atoms with van der Waals surface area (Å²) >= 11 is 0. The highest BCUT2D eigenvalue weighted by Gasteiger charge is 2.24. The molecular formula is C7H16BNO. The lowest BCUT2D eigenvalue weighted by molar-refractivity contribution is -0.118. The van der Waals surface area contributed by atoms with Crippen LogP contribution in [-0.4, -0.2) is 13.8 Å². The lowest BCUT2D eigenvalue weighted by Gasteiger charge is -2.27. The van der Waals surface area contributed by atoms with E-state index in [1.165, 1.54) is 0 Å². The van der Waals surface area contributed by atoms with Gasteiger partial charge in [-0.2, -0.15) is 0 Å². The number of hydrogen-bond donors (Lipinski definition) is 1. The summed E-state index contributed by atoms with van der Waals surface area (Å²) in [4.78, 5) is 10.5. The summed E-state index contributed by atoms with van der Waals surface area (Å²) in [5.41, 5.74) is 5.08. The van der Waals surface area contributed by atoms with Crippen LogP contribution in [0.25, 0.3) is 0 Å². The van der Waals surface area contributed by atoms with Gasteiger partial charge in [-0.1, -0.05) is 26.1 Å². The van der Waals surface area contributed by atoms with Crippen LogP contribution < -0.4 is 5.73 Å². The van der Waals surface area contributed by atoms with Crippen molar-refractivity contribution in [2.24, 2.45) is 11.7 Å². The second kappa shape index (κ2) is 3.08. The molecule has 10 heavy (non-hydrogen) atoms. The Bertz CT molecular complexity index is 132. The van der Waals surface area contributed by atoms with Gasteiger partial charge in [-0.15, -0.1) is 0 Å². The number of primary amides is 1. The zero-order valence-electron chi connectivity index (χ0n) is 7.27. The van der Waals surface area contributed by atoms with Gasteiger partial charge in [0.2, 0.25) is 5.91 Å². The van der Waals surface area contributed by atoms with Crippen molar-refractivity contribution in [2.45, 2.75) is 32.5 Å². The Labute approximate surface area is 63.6 Å². The number of carbonyl (C=O) groups excluding carboxylic acids is 1. The Balaban J connectivity index is 3.99. The number of carbonyl (C=O) groups is 1. The third kappa shape index (κ3) is 2.90. The Morgan fingerprint density at radius 3 is 2.20 bits per heavy atom. The fraction of sp³-hybridized carbons (Fsp3) is 0.857. The molecule has 0 aromatic carbocycles. The van der Waals surface area contributed by atoms with Crippen LogP contribution in [0.5, 0.6) is 0 Å². The highest BCUT2D eigenvalue weighted by molar-refractivity contribution is 6.16. The van der Waals surface area contributed by atoms with Gasteiger partial charge in [-0.3, -0.25) is 4.79 Å². The Hall–Kier alpha value is -0.465. The van der Waals surface area contributed by atoms with Gasteiger partial charge in [0.05, 0.1) is 0 Å². The first-order valence-corrected chi connectivity index (χ1v) is 3.64. The first-order valence-electron chi connectivity index (χ1n) is 3.64. The van der Waals surface area contributed by atoms with Crippen molar-refractivity contribution in [3.63, 3.8) is 0 Å². The zero-order chi connectivity index (χ0) is 8.36. The lowest BCUT2D eigenvalue weighted by Crippen LogP contribution is -2.24. The monoisotopic (exact) mass is 141 g/mol. The Kier molecular flexibility index (Phi) is 2.94. The molecule has 0 rings (SSSR count). The predicted molar refractivity (Wildman–Crippen MR) is 45.6 cm³/mol. The minimum atomic E-state index is -0.210. The highest BCUT2D eigenvalue weighted by atomic mass is 16.1. The molecule has 1 amide bonds. The number of amides is 1. The van der Waals surface area contributed by atoms with Gasteiger partial charge in [-0.05, 0) is 5.92 Å². The van der Waals surface area contributed by atoms with Crippen LogP contribution in [0.3, 0.4) is 0 Å². The Morgan fingerprint density at radius 2 is 2.10 bits per heavy atom. The SMILES string of the molecule is BC(C)(CC(N)=O)C(C)C. The quantitative estimate of drug-likeness (QED) is 0.565. The van der Waals surface area contributed by atoms with E-state index < -0.39 is 0 Å². The van der Waals surface area contributed by atoms with Crippen LogP contribution in [0.4, 0.5) is 0 Å². The van der Waals surface area contributed by atoms with E-state index in [4.69, 9.17) is 5.73 Å². The zero-order valence-corrected chi connectivity index (χ0v) is 7.27. The number of nitrogens with two attached hydrogens (primary N) is 1. The van der Waals surface area contributed by atoms with Crippen LogP contribution in [-0.2, 0) is 4.79 Å². The van der Waals surface area contributed by atoms with Crippen molar-refractivity contribution in [2.75, 3.05) is 0 Å². The van der Waals surface area contributed by atoms with E-state index in [1.807, 2.05) is 0 Å². The number of rotatable bonds is 3. The molecule has 0 aromatic heterocycles. The molecule has 0 aromatic rings. The van der Waals surface area contributed by atoms with Crippen molar-refractivity contribution in [1.29, 1.82) is 0 Å². The van der Waals surface area contributed by atoms with E-state index in [1.54, 1.807) is 0 Å². The van der Waals surface area contributed by atoms with Crippen molar-refractivity contribution >= 4 is 13.8 Å². The van der Waals surface area contributed by atoms with E-state index in [0.717, 1.165) is 0 Å². The van der Waals surface area contributed by atoms with Crippen LogP contribution in [0.2, 0.25) is 5.31 Å². The smallest absolute Gasteiger partial charge is 0.217 e. The molecule has 0 saturated carbocycles. The van der Waals surface area contributed by atoms with Crippen LogP contribution >= 0.6 is 0 Å². The maximum Gasteiger partial charge on any atom is 0.217 e. The minimum Gasteiger partial charge on any atom is -0.370 e. The van der Waals surface area contributed by atoms with Crippen molar-refractivity contribution in [3.8, 4) is 0 Å². The average molecular weight is 141 g/mol. The normalized spacial score (nSPS) is 16.8. The van der Waals surface area contributed by atoms with E-state index in [-0.39, 0.29) is 11.2 Å². The van der Waals surface area contributed by atoms with Crippen molar-refractivity contribution < 1.29 is 4.79 Å². The number of hydrogen-bond acceptors (Lipinski definition) is 1. The second-order valence-electron chi connectivity index (χ2n) is 3.79. The van der Waals surface area contributed by atoms with Gasteiger partial charge in [0, 0.05) is 6.42 Å². The standard InChI is InChI=1S/C7H16BNO/c1-5(2)7(3,8)4-6(9)10/h5H,4,8H2,1-3H3,(H2,9,10). The molecule has 0 aliphatic carbocycles. The molecule has 1 atom stereocenters. The fourth-order valence-corrected chi connectivity index (χ4v) is 0.653. The molecule has 3 heteroatoms. The summed E-state index contributed by atoms with van der Waals surface area (Å²) in [7, 11) is 2.06. The molecule has 1 unspecified atom stereocenters. The van der Waals surface area contributed by atoms with Crippen molar-refractivity contribution in [3.05, 3.63) is 0 Å². The van der Waals surface area contributed by atoms with E-state index in [2.05, 4.69) is 28.6 Å². The fourth-order valence-electron chi connectivity index (χ4n) is 0.653. The molecule has 0 fully saturated rings. The van der Waals surface area contributed by atoms with Gasteiger partial charge in [0.15, 0.2) is 0 Å². The largest absolute Gasteiger partial charge is 0.370 e. The molecule has 0 aliphatic rings. The third-order valence-corrected chi connectivity index (χ3v) is 2.19. The first-order chi connectivity index (χ1) is 4.36. The molecule has 0 spiro atoms. The maximum atomic E-state index is 10.5. The third-order valence-electron chi connectivity index (χ3n) is 2.19. The lowest BCUT2D eigenvalue weighted by atomic mass is 9.61. The van der Waals surface area contributed by atoms with E-state index in [9.17, 15) is 4.79 Å². The van der Waals surface area contributed by atoms with Gasteiger partial charge in [0.25, 0.3) is 0 Å². The minimum absolute atomic E-state index is 0.0475. The molecule has 58 valence electrons. The van der Waals surface area contributed by atoms with Gasteiger partial charge >= 0.3 is 0 Å². The molecule has 0 bridgehead atoms. The summed E-state index contributed by atoms with van der Waals surface area (Å²) in [5.74, 6) is 0.290. The second-order valence-corrected chi connectivity index (χ2v) is 3.79. The molecule has 0 heterocycles. The van der Waals surface area contributed by atoms with Gasteiger partial charge < -0.3 is 5.73 Å². The van der Waals surface area contributed by atoms with Crippen LogP contribution in [0.1, 0.15) is 27.2 Å². The van der Waals surface area contributed by atoms with Gasteiger partial charge in [0.1, 0.15) is 7.85 Å². The topological polar surface area (TPSA) is 43.1 Å². The first kappa shape index (κ1) is 9.53. The summed E-state index contributed by atoms with van der Waals surface area (Å²) < 4.78 is 0. The summed E-state index contributed by atoms with van der Waals surface area (Å²) in [6.07, 6.45) is 0.477. The summed E-state index contributed by atoms with van der Waals surface area (Å²) in [5, 5.41) is 0.0475. The Morgan fingerprint density at radius 1 is 1.70 bits per heavy atom. The van der Waals surface area contributed by atoms with Gasteiger partial charge in [-0.25, -0.2) is 0 Å². The molecule has 2 nitrogen and oxygen atoms in total. The molecule has 0 aliphatic heterocycles. The molecule has 2 N–H and O–H groups in total. The molecule has 0 saturated heterocycles. The predicted octanol–water partition coefficient (Wildman–Crippen LogP) is 0.329. The van der Waals surface area contributed by atoms with Crippen LogP contribution in [0, 0.1) is 5.92 Å². The summed E-state index contributed by atoms with van der Waals surface area (Å²) in [6, 6.07) is 0. The molecule has 0 radical (unpaired) electrons. The maximum absolute atomic E-state index is 10.5. The average Bonchev–Trinajstić information content (AvgIpc) is 1.60. The van der Waals surface area contributed by atoms with E-state index >= 15 is 0 Å².